The zero-order valence-electron chi connectivity index (χ0n) is 13.8. The SMILES string of the molecule is CC1=C(C)[N+](=O)N(C(=O)c2ccccc2)N(C(=O)c2ccccc2)N1. The largest absolute Gasteiger partial charge is 0.340 e. The van der Waals surface area contributed by atoms with Crippen LogP contribution in [0.5, 0.6) is 0 Å². The van der Waals surface area contributed by atoms with Gasteiger partial charge in [-0.1, -0.05) is 41.5 Å². The van der Waals surface area contributed by atoms with E-state index in [9.17, 15) is 14.5 Å². The minimum absolute atomic E-state index is 0.293. The van der Waals surface area contributed by atoms with Gasteiger partial charge in [-0.15, -0.1) is 0 Å². The fraction of sp³-hybridized carbons (Fsp3) is 0.111. The third-order valence-corrected chi connectivity index (χ3v) is 3.88. The highest BCUT2D eigenvalue weighted by Gasteiger charge is 2.45. The van der Waals surface area contributed by atoms with Crippen molar-refractivity contribution in [2.24, 2.45) is 0 Å². The lowest BCUT2D eigenvalue weighted by Gasteiger charge is -2.30. The standard InChI is InChI=1S/C18H17N4O3/c1-13-14(2)22(25)21(18(24)16-11-7-4-8-12-16)20(19-13)17(23)15-9-5-3-6-10-15/h3-12,19H,1-2H3/q+1. The van der Waals surface area contributed by atoms with E-state index in [1.807, 2.05) is 0 Å². The zero-order chi connectivity index (χ0) is 18.0. The molecule has 1 N–H and O–H groups in total. The topological polar surface area (TPSA) is 72.7 Å². The van der Waals surface area contributed by atoms with E-state index < -0.39 is 11.8 Å². The summed E-state index contributed by atoms with van der Waals surface area (Å²) in [6, 6.07) is 16.8. The maximum Gasteiger partial charge on any atom is 0.340 e. The van der Waals surface area contributed by atoms with Gasteiger partial charge in [0.25, 0.3) is 11.6 Å². The molecule has 3 rings (SSSR count). The minimum Gasteiger partial charge on any atom is -0.269 e. The number of hydrazine groups is 3. The number of nitrogens with one attached hydrogen (secondary N) is 1. The molecule has 0 saturated carbocycles. The Hall–Kier alpha value is -3.48. The fourth-order valence-electron chi connectivity index (χ4n) is 2.36. The van der Waals surface area contributed by atoms with Crippen LogP contribution in [0, 0.1) is 4.91 Å². The Labute approximate surface area is 144 Å². The van der Waals surface area contributed by atoms with Crippen LogP contribution < -0.4 is 5.43 Å². The molecule has 0 unspecified atom stereocenters. The lowest BCUT2D eigenvalue weighted by molar-refractivity contribution is -0.691. The van der Waals surface area contributed by atoms with Crippen LogP contribution in [0.2, 0.25) is 0 Å². The van der Waals surface area contributed by atoms with Gasteiger partial charge in [0, 0.05) is 18.1 Å². The van der Waals surface area contributed by atoms with Gasteiger partial charge in [0.2, 0.25) is 0 Å². The van der Waals surface area contributed by atoms with Crippen LogP contribution in [0.15, 0.2) is 72.1 Å². The normalized spacial score (nSPS) is 14.4. The second kappa shape index (κ2) is 6.56. The van der Waals surface area contributed by atoms with Gasteiger partial charge in [-0.3, -0.25) is 15.0 Å². The summed E-state index contributed by atoms with van der Waals surface area (Å²) >= 11 is 0. The smallest absolute Gasteiger partial charge is 0.269 e. The maximum absolute atomic E-state index is 12.8. The Morgan fingerprint density at radius 3 is 1.84 bits per heavy atom. The van der Waals surface area contributed by atoms with Crippen LogP contribution >= 0.6 is 0 Å². The predicted molar refractivity (Wildman–Crippen MR) is 90.4 cm³/mol. The molecule has 0 aliphatic carbocycles. The van der Waals surface area contributed by atoms with Crippen molar-refractivity contribution in [3.63, 3.8) is 0 Å². The molecule has 0 bridgehead atoms. The Balaban J connectivity index is 2.03. The van der Waals surface area contributed by atoms with Crippen molar-refractivity contribution in [3.05, 3.63) is 88.1 Å². The van der Waals surface area contributed by atoms with Gasteiger partial charge < -0.3 is 0 Å². The first-order valence-electron chi connectivity index (χ1n) is 7.71. The number of rotatable bonds is 2. The molecule has 2 amide bonds. The van der Waals surface area contributed by atoms with E-state index in [4.69, 9.17) is 0 Å². The van der Waals surface area contributed by atoms with Gasteiger partial charge in [-0.25, -0.2) is 0 Å². The molecular weight excluding hydrogens is 320 g/mol. The molecule has 7 heteroatoms. The number of nitrogens with zero attached hydrogens (tertiary/aromatic N) is 3. The van der Waals surface area contributed by atoms with Crippen LogP contribution in [0.25, 0.3) is 0 Å². The van der Waals surface area contributed by atoms with E-state index >= 15 is 0 Å². The molecule has 0 radical (unpaired) electrons. The molecule has 0 aromatic heterocycles. The first kappa shape index (κ1) is 16.4. The van der Waals surface area contributed by atoms with Crippen LogP contribution in [-0.2, 0) is 0 Å². The summed E-state index contributed by atoms with van der Waals surface area (Å²) in [5, 5.41) is 1.69. The Bertz CT molecular complexity index is 862. The second-order valence-electron chi connectivity index (χ2n) is 5.54. The summed E-state index contributed by atoms with van der Waals surface area (Å²) in [7, 11) is 0. The molecule has 1 aliphatic rings. The van der Waals surface area contributed by atoms with E-state index in [1.54, 1.807) is 74.5 Å². The number of allylic oxidation sites excluding steroid dienone is 2. The number of hydrogen-bond acceptors (Lipinski definition) is 4. The van der Waals surface area contributed by atoms with Gasteiger partial charge in [0.1, 0.15) is 5.70 Å². The number of nitroso groups, excluding NO2 is 1. The number of amides is 2. The lowest BCUT2D eigenvalue weighted by Crippen LogP contribution is -2.62. The number of hydrogen-bond donors (Lipinski definition) is 1. The molecule has 7 nitrogen and oxygen atoms in total. The van der Waals surface area contributed by atoms with Gasteiger partial charge in [-0.05, 0) is 31.2 Å². The molecule has 1 heterocycles. The average molecular weight is 337 g/mol. The Kier molecular flexibility index (Phi) is 4.30. The molecule has 2 aromatic carbocycles. The van der Waals surface area contributed by atoms with Crippen molar-refractivity contribution in [2.45, 2.75) is 13.8 Å². The van der Waals surface area contributed by atoms with E-state index in [2.05, 4.69) is 5.43 Å². The van der Waals surface area contributed by atoms with Gasteiger partial charge >= 0.3 is 5.91 Å². The first-order chi connectivity index (χ1) is 12.0. The summed E-state index contributed by atoms with van der Waals surface area (Å²) in [6.45, 7) is 3.24. The zero-order valence-corrected chi connectivity index (χ0v) is 13.8. The third-order valence-electron chi connectivity index (χ3n) is 3.88. The summed E-state index contributed by atoms with van der Waals surface area (Å²) in [4.78, 5) is 38.7. The molecule has 0 saturated heterocycles. The van der Waals surface area contributed by atoms with E-state index in [0.29, 0.717) is 27.4 Å². The van der Waals surface area contributed by atoms with Crippen molar-refractivity contribution < 1.29 is 14.5 Å². The Morgan fingerprint density at radius 1 is 0.840 bits per heavy atom. The third kappa shape index (κ3) is 2.99. The average Bonchev–Trinajstić information content (AvgIpc) is 2.66. The Morgan fingerprint density at radius 2 is 1.32 bits per heavy atom. The fourth-order valence-corrected chi connectivity index (χ4v) is 2.36. The number of carbonyl (C=O) groups is 2. The van der Waals surface area contributed by atoms with Crippen molar-refractivity contribution in [3.8, 4) is 0 Å². The second-order valence-corrected chi connectivity index (χ2v) is 5.54. The molecular formula is C18H17N4O3+. The highest BCUT2D eigenvalue weighted by Crippen LogP contribution is 2.19. The van der Waals surface area contributed by atoms with E-state index in [1.165, 1.54) is 0 Å². The van der Waals surface area contributed by atoms with Crippen LogP contribution in [-0.4, -0.2) is 26.9 Å². The molecule has 0 spiro atoms. The van der Waals surface area contributed by atoms with Gasteiger partial charge in [-0.2, -0.15) is 0 Å². The van der Waals surface area contributed by atoms with Crippen molar-refractivity contribution in [2.75, 3.05) is 0 Å². The quantitative estimate of drug-likeness (QED) is 0.855. The first-order valence-corrected chi connectivity index (χ1v) is 7.71. The minimum atomic E-state index is -0.612. The number of carbonyl (C=O) groups excluding carboxylic acids is 2. The van der Waals surface area contributed by atoms with E-state index in [0.717, 1.165) is 10.2 Å². The lowest BCUT2D eigenvalue weighted by atomic mass is 10.2. The highest BCUT2D eigenvalue weighted by atomic mass is 16.4. The van der Waals surface area contributed by atoms with Crippen molar-refractivity contribution in [1.29, 1.82) is 0 Å². The van der Waals surface area contributed by atoms with Crippen LogP contribution in [0.1, 0.15) is 34.6 Å². The highest BCUT2D eigenvalue weighted by molar-refractivity contribution is 5.98. The molecule has 0 atom stereocenters. The predicted octanol–water partition coefficient (Wildman–Crippen LogP) is 2.65. The van der Waals surface area contributed by atoms with Gasteiger partial charge in [0.05, 0.1) is 10.0 Å². The molecule has 126 valence electrons. The van der Waals surface area contributed by atoms with Gasteiger partial charge in [0.15, 0.2) is 4.87 Å². The maximum atomic E-state index is 12.8. The monoisotopic (exact) mass is 337 g/mol. The van der Waals surface area contributed by atoms with Crippen LogP contribution in [0.4, 0.5) is 0 Å². The molecule has 1 aliphatic heterocycles. The molecule has 25 heavy (non-hydrogen) atoms. The van der Waals surface area contributed by atoms with Crippen molar-refractivity contribution >= 4 is 11.8 Å². The van der Waals surface area contributed by atoms with Crippen LogP contribution in [0.3, 0.4) is 0 Å². The van der Waals surface area contributed by atoms with E-state index in [-0.39, 0.29) is 0 Å². The molecule has 2 aromatic rings. The summed E-state index contributed by atoms with van der Waals surface area (Å²) in [5.74, 6) is -1.13. The summed E-state index contributed by atoms with van der Waals surface area (Å²) in [6.07, 6.45) is 0. The van der Waals surface area contributed by atoms with Crippen molar-refractivity contribution in [1.82, 2.24) is 15.7 Å². The molecule has 0 fully saturated rings. The number of benzene rings is 2. The summed E-state index contributed by atoms with van der Waals surface area (Å²) in [5.41, 5.74) is 4.24. The summed E-state index contributed by atoms with van der Waals surface area (Å²) < 4.78 is 0.